The Morgan fingerprint density at radius 1 is 1.54 bits per heavy atom. The maximum atomic E-state index is 13.0. The molecule has 0 saturated carbocycles. The highest BCUT2D eigenvalue weighted by Gasteiger charge is 2.19. The Morgan fingerprint density at radius 2 is 2.15 bits per heavy atom. The van der Waals surface area contributed by atoms with E-state index in [1.807, 2.05) is 0 Å². The Balaban J connectivity index is 3.27. The van der Waals surface area contributed by atoms with Crippen LogP contribution in [-0.4, -0.2) is 10.1 Å². The molecule has 0 spiro atoms. The van der Waals surface area contributed by atoms with Gasteiger partial charge in [-0.3, -0.25) is 0 Å². The summed E-state index contributed by atoms with van der Waals surface area (Å²) in [5.41, 5.74) is -1.26. The van der Waals surface area contributed by atoms with E-state index in [0.29, 0.717) is 6.20 Å². The normalized spacial score (nSPS) is 10.9. The van der Waals surface area contributed by atoms with E-state index in [1.165, 1.54) is 0 Å². The van der Waals surface area contributed by atoms with E-state index in [-0.39, 0.29) is 5.15 Å². The summed E-state index contributed by atoms with van der Waals surface area (Å²) in [5, 5.41) is 8.29. The number of aromatic nitrogens is 1. The Labute approximate surface area is 77.0 Å². The lowest BCUT2D eigenvalue weighted by Gasteiger charge is -2.06. The monoisotopic (exact) mass is 211 g/mol. The molecule has 2 nitrogen and oxygen atoms in total. The van der Waals surface area contributed by atoms with Gasteiger partial charge in [-0.15, -0.1) is 0 Å². The minimum Gasteiger partial charge on any atom is -0.391 e. The van der Waals surface area contributed by atoms with Crippen LogP contribution in [0.4, 0.5) is 13.2 Å². The lowest BCUT2D eigenvalue weighted by molar-refractivity contribution is 0.145. The quantitative estimate of drug-likeness (QED) is 0.762. The maximum absolute atomic E-state index is 13.0. The standard InChI is InChI=1S/C7H5ClF3NO/c8-6-4(2-13)5(9)3(1-12-6)7(10)11/h1,7,13H,2H2. The Hall–Kier alpha value is -0.810. The topological polar surface area (TPSA) is 33.1 Å². The Morgan fingerprint density at radius 3 is 2.62 bits per heavy atom. The molecule has 6 heteroatoms. The third-order valence-corrected chi connectivity index (χ3v) is 1.80. The molecule has 0 aliphatic rings. The van der Waals surface area contributed by atoms with Crippen LogP contribution >= 0.6 is 11.6 Å². The molecule has 0 bridgehead atoms. The number of aliphatic hydroxyl groups excluding tert-OH is 1. The van der Waals surface area contributed by atoms with Gasteiger partial charge in [0.15, 0.2) is 0 Å². The highest BCUT2D eigenvalue weighted by Crippen LogP contribution is 2.26. The van der Waals surface area contributed by atoms with E-state index >= 15 is 0 Å². The van der Waals surface area contributed by atoms with Crippen LogP contribution in [0.25, 0.3) is 0 Å². The molecule has 13 heavy (non-hydrogen) atoms. The number of nitrogens with zero attached hydrogens (tertiary/aromatic N) is 1. The first-order valence-corrected chi connectivity index (χ1v) is 3.67. The zero-order chi connectivity index (χ0) is 10.0. The molecule has 0 aromatic carbocycles. The van der Waals surface area contributed by atoms with Gasteiger partial charge in [0.2, 0.25) is 0 Å². The predicted octanol–water partition coefficient (Wildman–Crippen LogP) is 2.30. The molecular weight excluding hydrogens is 207 g/mol. The van der Waals surface area contributed by atoms with Gasteiger partial charge in [0.05, 0.1) is 17.7 Å². The van der Waals surface area contributed by atoms with Gasteiger partial charge in [-0.1, -0.05) is 11.6 Å². The molecule has 0 aliphatic carbocycles. The van der Waals surface area contributed by atoms with Crippen LogP contribution in [0.2, 0.25) is 5.15 Å². The number of aliphatic hydroxyl groups is 1. The van der Waals surface area contributed by atoms with Crippen molar-refractivity contribution in [2.24, 2.45) is 0 Å². The summed E-state index contributed by atoms with van der Waals surface area (Å²) in [6.07, 6.45) is -2.31. The fourth-order valence-corrected chi connectivity index (χ4v) is 1.00. The molecule has 0 atom stereocenters. The minimum absolute atomic E-state index is 0.301. The van der Waals surface area contributed by atoms with Crippen molar-refractivity contribution in [3.05, 3.63) is 28.3 Å². The van der Waals surface area contributed by atoms with Crippen molar-refractivity contribution in [1.29, 1.82) is 0 Å². The minimum atomic E-state index is -2.96. The van der Waals surface area contributed by atoms with E-state index in [4.69, 9.17) is 16.7 Å². The van der Waals surface area contributed by atoms with E-state index in [9.17, 15) is 13.2 Å². The van der Waals surface area contributed by atoms with Gasteiger partial charge >= 0.3 is 0 Å². The SMILES string of the molecule is OCc1c(Cl)ncc(C(F)F)c1F. The first kappa shape index (κ1) is 10.3. The Bertz CT molecular complexity index is 319. The van der Waals surface area contributed by atoms with Gasteiger partial charge in [0.25, 0.3) is 6.43 Å². The van der Waals surface area contributed by atoms with Crippen LogP contribution in [0.1, 0.15) is 17.6 Å². The van der Waals surface area contributed by atoms with Crippen LogP contribution in [0.15, 0.2) is 6.20 Å². The summed E-state index contributed by atoms with van der Waals surface area (Å²) in [7, 11) is 0. The number of hydrogen-bond donors (Lipinski definition) is 1. The predicted molar refractivity (Wildman–Crippen MR) is 40.1 cm³/mol. The number of rotatable bonds is 2. The summed E-state index contributed by atoms with van der Waals surface area (Å²) in [6.45, 7) is -0.752. The number of halogens is 4. The molecule has 0 saturated heterocycles. The summed E-state index contributed by atoms with van der Waals surface area (Å²) < 4.78 is 37.2. The van der Waals surface area contributed by atoms with Crippen molar-refractivity contribution in [3.63, 3.8) is 0 Å². The largest absolute Gasteiger partial charge is 0.391 e. The van der Waals surface area contributed by atoms with Gasteiger partial charge < -0.3 is 5.11 Å². The third kappa shape index (κ3) is 1.92. The first-order chi connectivity index (χ1) is 6.07. The number of hydrogen-bond acceptors (Lipinski definition) is 2. The van der Waals surface area contributed by atoms with Crippen LogP contribution in [0.5, 0.6) is 0 Å². The van der Waals surface area contributed by atoms with Gasteiger partial charge in [-0.05, 0) is 0 Å². The Kier molecular flexibility index (Phi) is 3.11. The van der Waals surface area contributed by atoms with E-state index < -0.39 is 30.0 Å². The molecule has 72 valence electrons. The average Bonchev–Trinajstić information content (AvgIpc) is 2.04. The molecule has 1 aromatic rings. The van der Waals surface area contributed by atoms with Crippen molar-refractivity contribution in [1.82, 2.24) is 4.98 Å². The van der Waals surface area contributed by atoms with Crippen LogP contribution in [0.3, 0.4) is 0 Å². The lowest BCUT2D eigenvalue weighted by atomic mass is 10.2. The first-order valence-electron chi connectivity index (χ1n) is 3.29. The van der Waals surface area contributed by atoms with Gasteiger partial charge in [0.1, 0.15) is 11.0 Å². The molecule has 0 aliphatic heterocycles. The van der Waals surface area contributed by atoms with Crippen LogP contribution in [0, 0.1) is 5.82 Å². The molecule has 1 aromatic heterocycles. The van der Waals surface area contributed by atoms with Crippen molar-refractivity contribution in [2.45, 2.75) is 13.0 Å². The molecule has 0 fully saturated rings. The molecule has 1 heterocycles. The highest BCUT2D eigenvalue weighted by molar-refractivity contribution is 6.30. The van der Waals surface area contributed by atoms with Crippen molar-refractivity contribution >= 4 is 11.6 Å². The fraction of sp³-hybridized carbons (Fsp3) is 0.286. The highest BCUT2D eigenvalue weighted by atomic mass is 35.5. The van der Waals surface area contributed by atoms with Crippen molar-refractivity contribution in [3.8, 4) is 0 Å². The third-order valence-electron chi connectivity index (χ3n) is 1.48. The summed E-state index contributed by atoms with van der Waals surface area (Å²) >= 11 is 5.35. The van der Waals surface area contributed by atoms with Gasteiger partial charge in [-0.2, -0.15) is 0 Å². The second-order valence-corrected chi connectivity index (χ2v) is 2.61. The summed E-state index contributed by atoms with van der Waals surface area (Å²) in [4.78, 5) is 3.32. The van der Waals surface area contributed by atoms with Crippen LogP contribution < -0.4 is 0 Å². The molecule has 1 rings (SSSR count). The maximum Gasteiger partial charge on any atom is 0.268 e. The van der Waals surface area contributed by atoms with Gasteiger partial charge in [-0.25, -0.2) is 18.2 Å². The summed E-state index contributed by atoms with van der Waals surface area (Å²) in [5.74, 6) is -1.20. The van der Waals surface area contributed by atoms with Crippen LogP contribution in [-0.2, 0) is 6.61 Å². The molecule has 0 unspecified atom stereocenters. The van der Waals surface area contributed by atoms with E-state index in [0.717, 1.165) is 0 Å². The zero-order valence-corrected chi connectivity index (χ0v) is 7.02. The fourth-order valence-electron chi connectivity index (χ4n) is 0.812. The van der Waals surface area contributed by atoms with Crippen molar-refractivity contribution < 1.29 is 18.3 Å². The zero-order valence-electron chi connectivity index (χ0n) is 6.27. The molecule has 0 amide bonds. The second-order valence-electron chi connectivity index (χ2n) is 2.26. The number of pyridine rings is 1. The molecular formula is C7H5ClF3NO. The van der Waals surface area contributed by atoms with E-state index in [2.05, 4.69) is 4.98 Å². The second kappa shape index (κ2) is 3.93. The average molecular weight is 212 g/mol. The smallest absolute Gasteiger partial charge is 0.268 e. The van der Waals surface area contributed by atoms with Crippen molar-refractivity contribution in [2.75, 3.05) is 0 Å². The lowest BCUT2D eigenvalue weighted by Crippen LogP contribution is -2.00. The summed E-state index contributed by atoms with van der Waals surface area (Å²) in [6, 6.07) is 0. The number of alkyl halides is 2. The van der Waals surface area contributed by atoms with E-state index in [1.54, 1.807) is 0 Å². The molecule has 1 N–H and O–H groups in total. The van der Waals surface area contributed by atoms with Gasteiger partial charge in [0, 0.05) is 6.20 Å². The molecule has 0 radical (unpaired) electrons.